The summed E-state index contributed by atoms with van der Waals surface area (Å²) in [6.07, 6.45) is 0.0811. The minimum Gasteiger partial charge on any atom is -0.465 e. The fourth-order valence-electron chi connectivity index (χ4n) is 2.63. The number of methoxy groups -OCH3 is 1. The third kappa shape index (κ3) is 4.58. The number of nitrogens with one attached hydrogen (secondary N) is 1. The Balaban J connectivity index is 2.32. The molecule has 26 heavy (non-hydrogen) atoms. The summed E-state index contributed by atoms with van der Waals surface area (Å²) in [7, 11) is 1.14. The molecule has 0 aliphatic carbocycles. The summed E-state index contributed by atoms with van der Waals surface area (Å²) in [5.74, 6) is -1.20. The highest BCUT2D eigenvalue weighted by Crippen LogP contribution is 2.31. The smallest absolute Gasteiger partial charge is 0.340 e. The van der Waals surface area contributed by atoms with Gasteiger partial charge in [0, 0.05) is 6.07 Å². The minimum absolute atomic E-state index is 0.0572. The van der Waals surface area contributed by atoms with E-state index in [1.165, 1.54) is 6.07 Å². The van der Waals surface area contributed by atoms with Gasteiger partial charge >= 0.3 is 5.97 Å². The lowest BCUT2D eigenvalue weighted by molar-refractivity contribution is -0.384. The largest absolute Gasteiger partial charge is 0.465 e. The summed E-state index contributed by atoms with van der Waals surface area (Å²) in [5, 5.41) is 13.4. The zero-order chi connectivity index (χ0) is 19.4. The molecule has 0 spiro atoms. The number of hydrogen-bond donors (Lipinski definition) is 1. The van der Waals surface area contributed by atoms with Gasteiger partial charge in [0.05, 0.1) is 29.7 Å². The maximum atomic E-state index is 12.4. The predicted octanol–water partition coefficient (Wildman–Crippen LogP) is 3.83. The van der Waals surface area contributed by atoms with Gasteiger partial charge in [0.2, 0.25) is 5.91 Å². The molecule has 0 heterocycles. The number of benzene rings is 2. The van der Waals surface area contributed by atoms with Crippen LogP contribution in [0.1, 0.15) is 27.0 Å². The molecule has 0 aliphatic heterocycles. The number of halogens is 1. The minimum atomic E-state index is -0.813. The highest BCUT2D eigenvalue weighted by Gasteiger charge is 2.22. The molecule has 7 nitrogen and oxygen atoms in total. The second-order valence-corrected chi connectivity index (χ2v) is 6.23. The van der Waals surface area contributed by atoms with Crippen LogP contribution in [0.4, 0.5) is 11.4 Å². The zero-order valence-corrected chi connectivity index (χ0v) is 15.2. The first-order chi connectivity index (χ1) is 12.2. The first kappa shape index (κ1) is 19.4. The summed E-state index contributed by atoms with van der Waals surface area (Å²) < 4.78 is 4.63. The molecule has 2 aromatic rings. The molecular weight excluding hydrogens is 360 g/mol. The Morgan fingerprint density at radius 1 is 1.15 bits per heavy atom. The summed E-state index contributed by atoms with van der Waals surface area (Å²) in [6.45, 7) is 3.86. The quantitative estimate of drug-likeness (QED) is 0.485. The van der Waals surface area contributed by atoms with E-state index in [0.717, 1.165) is 29.9 Å². The van der Waals surface area contributed by atoms with Gasteiger partial charge in [-0.1, -0.05) is 40.9 Å². The van der Waals surface area contributed by atoms with Crippen LogP contribution < -0.4 is 5.32 Å². The molecule has 0 unspecified atom stereocenters. The number of aryl methyl sites for hydroxylation is 2. The van der Waals surface area contributed by atoms with Crippen LogP contribution in [0.5, 0.6) is 0 Å². The molecule has 2 rings (SSSR count). The molecule has 0 bridgehead atoms. The number of nitro groups is 1. The number of anilines is 1. The summed E-state index contributed by atoms with van der Waals surface area (Å²) in [5.41, 5.74) is 2.34. The van der Waals surface area contributed by atoms with E-state index in [0.29, 0.717) is 0 Å². The van der Waals surface area contributed by atoms with Gasteiger partial charge in [0.25, 0.3) is 5.69 Å². The van der Waals surface area contributed by atoms with Crippen molar-refractivity contribution in [3.8, 4) is 0 Å². The summed E-state index contributed by atoms with van der Waals surface area (Å²) in [6, 6.07) is 7.92. The Morgan fingerprint density at radius 3 is 2.31 bits per heavy atom. The number of ether oxygens (including phenoxy) is 1. The predicted molar refractivity (Wildman–Crippen MR) is 97.7 cm³/mol. The van der Waals surface area contributed by atoms with Crippen molar-refractivity contribution in [3.05, 3.63) is 67.7 Å². The molecular formula is C18H17ClN2O5. The fourth-order valence-corrected chi connectivity index (χ4v) is 2.87. The number of amides is 1. The Labute approximate surface area is 155 Å². The SMILES string of the molecule is COC(=O)c1cc([N+](=O)[O-])c(Cl)cc1NC(=O)Cc1cc(C)cc(C)c1. The van der Waals surface area contributed by atoms with Crippen LogP contribution in [0.3, 0.4) is 0 Å². The lowest BCUT2D eigenvalue weighted by Crippen LogP contribution is -2.17. The Morgan fingerprint density at radius 2 is 1.77 bits per heavy atom. The van der Waals surface area contributed by atoms with Crippen LogP contribution in [-0.2, 0) is 16.0 Å². The van der Waals surface area contributed by atoms with E-state index in [4.69, 9.17) is 11.6 Å². The topological polar surface area (TPSA) is 98.5 Å². The van der Waals surface area contributed by atoms with Crippen LogP contribution in [-0.4, -0.2) is 23.9 Å². The normalized spacial score (nSPS) is 10.3. The van der Waals surface area contributed by atoms with E-state index in [9.17, 15) is 19.7 Å². The first-order valence-electron chi connectivity index (χ1n) is 7.64. The van der Waals surface area contributed by atoms with Crippen LogP contribution in [0.2, 0.25) is 5.02 Å². The number of nitrogens with zero attached hydrogens (tertiary/aromatic N) is 1. The molecule has 2 aromatic carbocycles. The van der Waals surface area contributed by atoms with Gasteiger partial charge < -0.3 is 10.1 Å². The molecule has 1 N–H and O–H groups in total. The van der Waals surface area contributed by atoms with E-state index in [-0.39, 0.29) is 28.6 Å². The molecule has 0 aliphatic rings. The van der Waals surface area contributed by atoms with E-state index < -0.39 is 16.6 Å². The van der Waals surface area contributed by atoms with Gasteiger partial charge in [-0.25, -0.2) is 4.79 Å². The average Bonchev–Trinajstić information content (AvgIpc) is 2.52. The van der Waals surface area contributed by atoms with E-state index in [1.54, 1.807) is 0 Å². The lowest BCUT2D eigenvalue weighted by Gasteiger charge is -2.11. The van der Waals surface area contributed by atoms with Crippen molar-refractivity contribution in [1.29, 1.82) is 0 Å². The van der Waals surface area contributed by atoms with E-state index >= 15 is 0 Å². The molecule has 136 valence electrons. The fraction of sp³-hybridized carbons (Fsp3) is 0.222. The van der Waals surface area contributed by atoms with Crippen molar-refractivity contribution in [2.75, 3.05) is 12.4 Å². The van der Waals surface area contributed by atoms with Crippen molar-refractivity contribution in [1.82, 2.24) is 0 Å². The van der Waals surface area contributed by atoms with Gasteiger partial charge in [0.15, 0.2) is 0 Å². The number of rotatable bonds is 5. The van der Waals surface area contributed by atoms with Crippen LogP contribution >= 0.6 is 11.6 Å². The zero-order valence-electron chi connectivity index (χ0n) is 14.5. The second-order valence-electron chi connectivity index (χ2n) is 5.82. The number of nitro benzene ring substituents is 1. The van der Waals surface area contributed by atoms with Crippen LogP contribution in [0, 0.1) is 24.0 Å². The van der Waals surface area contributed by atoms with Crippen molar-refractivity contribution >= 4 is 34.9 Å². The third-order valence-electron chi connectivity index (χ3n) is 3.61. The maximum Gasteiger partial charge on any atom is 0.340 e. The Kier molecular flexibility index (Phi) is 5.94. The highest BCUT2D eigenvalue weighted by molar-refractivity contribution is 6.33. The third-order valence-corrected chi connectivity index (χ3v) is 3.91. The molecule has 0 fully saturated rings. The first-order valence-corrected chi connectivity index (χ1v) is 8.02. The number of carbonyl (C=O) groups is 2. The van der Waals surface area contributed by atoms with Gasteiger partial charge in [0.1, 0.15) is 5.02 Å². The summed E-state index contributed by atoms with van der Waals surface area (Å²) in [4.78, 5) is 34.6. The number of esters is 1. The van der Waals surface area contributed by atoms with Crippen LogP contribution in [0.15, 0.2) is 30.3 Å². The molecule has 1 amide bonds. The molecule has 8 heteroatoms. The molecule has 0 aromatic heterocycles. The Hall–Kier alpha value is -2.93. The van der Waals surface area contributed by atoms with Gasteiger partial charge in [-0.15, -0.1) is 0 Å². The number of carbonyl (C=O) groups excluding carboxylic acids is 2. The van der Waals surface area contributed by atoms with Gasteiger partial charge in [-0.05, 0) is 25.5 Å². The molecule has 0 atom stereocenters. The van der Waals surface area contributed by atoms with Gasteiger partial charge in [-0.2, -0.15) is 0 Å². The maximum absolute atomic E-state index is 12.4. The molecule has 0 radical (unpaired) electrons. The van der Waals surface area contributed by atoms with Crippen molar-refractivity contribution in [2.45, 2.75) is 20.3 Å². The Bertz CT molecular complexity index is 875. The summed E-state index contributed by atoms with van der Waals surface area (Å²) >= 11 is 5.88. The average molecular weight is 377 g/mol. The molecule has 0 saturated carbocycles. The van der Waals surface area contributed by atoms with Crippen molar-refractivity contribution in [3.63, 3.8) is 0 Å². The second kappa shape index (κ2) is 7.97. The highest BCUT2D eigenvalue weighted by atomic mass is 35.5. The van der Waals surface area contributed by atoms with E-state index in [1.807, 2.05) is 32.0 Å². The van der Waals surface area contributed by atoms with Crippen molar-refractivity contribution < 1.29 is 19.2 Å². The van der Waals surface area contributed by atoms with Crippen molar-refractivity contribution in [2.24, 2.45) is 0 Å². The molecule has 0 saturated heterocycles. The monoisotopic (exact) mass is 376 g/mol. The lowest BCUT2D eigenvalue weighted by atomic mass is 10.0. The van der Waals surface area contributed by atoms with E-state index in [2.05, 4.69) is 10.1 Å². The number of hydrogen-bond acceptors (Lipinski definition) is 5. The van der Waals surface area contributed by atoms with Gasteiger partial charge in [-0.3, -0.25) is 14.9 Å². The standard InChI is InChI=1S/C18H17ClN2O5/c1-10-4-11(2)6-12(5-10)7-17(22)20-15-9-14(19)16(21(24)25)8-13(15)18(23)26-3/h4-6,8-9H,7H2,1-3H3,(H,20,22). The van der Waals surface area contributed by atoms with Crippen LogP contribution in [0.25, 0.3) is 0 Å².